The van der Waals surface area contributed by atoms with Gasteiger partial charge in [0.25, 0.3) is 0 Å². The molecule has 6 nitrogen and oxygen atoms in total. The topological polar surface area (TPSA) is 92.5 Å². The Kier molecular flexibility index (Phi) is 4.58. The van der Waals surface area contributed by atoms with Crippen molar-refractivity contribution in [1.29, 1.82) is 0 Å². The summed E-state index contributed by atoms with van der Waals surface area (Å²) in [5, 5.41) is 4.05. The molecule has 0 aliphatic carbocycles. The van der Waals surface area contributed by atoms with Crippen LogP contribution in [0.3, 0.4) is 0 Å². The number of sulfonamides is 1. The van der Waals surface area contributed by atoms with E-state index in [-0.39, 0.29) is 16.8 Å². The summed E-state index contributed by atoms with van der Waals surface area (Å²) >= 11 is 0. The van der Waals surface area contributed by atoms with E-state index in [9.17, 15) is 13.2 Å². The van der Waals surface area contributed by atoms with E-state index in [1.165, 1.54) is 11.2 Å². The lowest BCUT2D eigenvalue weighted by molar-refractivity contribution is -0.114. The van der Waals surface area contributed by atoms with Gasteiger partial charge in [0.15, 0.2) is 0 Å². The highest BCUT2D eigenvalue weighted by molar-refractivity contribution is 7.89. The third-order valence-corrected chi connectivity index (χ3v) is 6.16. The number of carbonyl (C=O) groups is 1. The van der Waals surface area contributed by atoms with Gasteiger partial charge in [-0.2, -0.15) is 4.31 Å². The fourth-order valence-electron chi connectivity index (χ4n) is 3.13. The van der Waals surface area contributed by atoms with Gasteiger partial charge >= 0.3 is 0 Å². The van der Waals surface area contributed by atoms with Crippen molar-refractivity contribution in [1.82, 2.24) is 4.31 Å². The molecule has 24 heavy (non-hydrogen) atoms. The van der Waals surface area contributed by atoms with Crippen molar-refractivity contribution in [2.24, 2.45) is 5.73 Å². The first-order chi connectivity index (χ1) is 11.4. The maximum Gasteiger partial charge on any atom is 0.243 e. The number of hydrogen-bond donors (Lipinski definition) is 2. The maximum absolute atomic E-state index is 13.1. The Balaban J connectivity index is 2.11. The van der Waals surface area contributed by atoms with Gasteiger partial charge in [0.05, 0.1) is 4.90 Å². The van der Waals surface area contributed by atoms with Gasteiger partial charge < -0.3 is 11.1 Å². The smallest absolute Gasteiger partial charge is 0.243 e. The average Bonchev–Trinajstić information content (AvgIpc) is 2.54. The summed E-state index contributed by atoms with van der Waals surface area (Å²) in [6.45, 7) is 2.25. The minimum Gasteiger partial charge on any atom is -0.327 e. The van der Waals surface area contributed by atoms with Crippen LogP contribution in [0, 0.1) is 0 Å². The molecule has 0 radical (unpaired) electrons. The molecule has 1 heterocycles. The van der Waals surface area contributed by atoms with Crippen LogP contribution in [0.25, 0.3) is 10.8 Å². The molecule has 0 saturated carbocycles. The van der Waals surface area contributed by atoms with E-state index in [0.717, 1.165) is 12.8 Å². The Morgan fingerprint density at radius 1 is 1.21 bits per heavy atom. The third-order valence-electron chi connectivity index (χ3n) is 4.23. The van der Waals surface area contributed by atoms with E-state index in [1.54, 1.807) is 24.3 Å². The quantitative estimate of drug-likeness (QED) is 0.887. The van der Waals surface area contributed by atoms with Crippen LogP contribution >= 0.6 is 0 Å². The second kappa shape index (κ2) is 6.51. The normalized spacial score (nSPS) is 19.3. The van der Waals surface area contributed by atoms with Gasteiger partial charge in [0, 0.05) is 42.5 Å². The second-order valence-electron chi connectivity index (χ2n) is 6.10. The van der Waals surface area contributed by atoms with Crippen molar-refractivity contribution in [2.45, 2.75) is 30.7 Å². The van der Waals surface area contributed by atoms with E-state index in [1.807, 2.05) is 12.1 Å². The Labute approximate surface area is 141 Å². The molecule has 0 spiro atoms. The van der Waals surface area contributed by atoms with E-state index in [0.29, 0.717) is 29.5 Å². The number of piperidine rings is 1. The SMILES string of the molecule is CC(=O)Nc1ccc(S(=O)(=O)N2CCCC(N)C2)c2ccccc12. The van der Waals surface area contributed by atoms with Crippen molar-refractivity contribution < 1.29 is 13.2 Å². The first-order valence-corrected chi connectivity index (χ1v) is 9.38. The lowest BCUT2D eigenvalue weighted by Crippen LogP contribution is -2.45. The van der Waals surface area contributed by atoms with Crippen LogP contribution in [0.15, 0.2) is 41.3 Å². The number of nitrogens with zero attached hydrogens (tertiary/aromatic N) is 1. The lowest BCUT2D eigenvalue weighted by atomic mass is 10.1. The Morgan fingerprint density at radius 2 is 1.92 bits per heavy atom. The molecule has 1 saturated heterocycles. The molecule has 1 atom stereocenters. The van der Waals surface area contributed by atoms with Gasteiger partial charge in [-0.3, -0.25) is 4.79 Å². The van der Waals surface area contributed by atoms with Gasteiger partial charge in [-0.05, 0) is 25.0 Å². The van der Waals surface area contributed by atoms with Crippen molar-refractivity contribution in [3.63, 3.8) is 0 Å². The van der Waals surface area contributed by atoms with E-state index in [2.05, 4.69) is 5.32 Å². The highest BCUT2D eigenvalue weighted by Crippen LogP contribution is 2.32. The number of hydrogen-bond acceptors (Lipinski definition) is 4. The highest BCUT2D eigenvalue weighted by Gasteiger charge is 2.30. The molecule has 3 rings (SSSR count). The van der Waals surface area contributed by atoms with Gasteiger partial charge in [-0.1, -0.05) is 24.3 Å². The Hall–Kier alpha value is -1.96. The monoisotopic (exact) mass is 347 g/mol. The largest absolute Gasteiger partial charge is 0.327 e. The fourth-order valence-corrected chi connectivity index (χ4v) is 4.86. The van der Waals surface area contributed by atoms with Crippen molar-refractivity contribution in [3.8, 4) is 0 Å². The molecule has 1 fully saturated rings. The van der Waals surface area contributed by atoms with Crippen LogP contribution in [0.5, 0.6) is 0 Å². The van der Waals surface area contributed by atoms with Crippen LogP contribution in [-0.2, 0) is 14.8 Å². The molecule has 2 aromatic rings. The number of nitrogens with two attached hydrogens (primary N) is 1. The van der Waals surface area contributed by atoms with Crippen LogP contribution < -0.4 is 11.1 Å². The highest BCUT2D eigenvalue weighted by atomic mass is 32.2. The molecule has 0 aromatic heterocycles. The molecule has 3 N–H and O–H groups in total. The molecular weight excluding hydrogens is 326 g/mol. The molecule has 2 aromatic carbocycles. The van der Waals surface area contributed by atoms with E-state index < -0.39 is 10.0 Å². The predicted octanol–water partition coefficient (Wildman–Crippen LogP) is 1.91. The lowest BCUT2D eigenvalue weighted by Gasteiger charge is -2.30. The summed E-state index contributed by atoms with van der Waals surface area (Å²) in [5.74, 6) is -0.197. The zero-order valence-electron chi connectivity index (χ0n) is 13.5. The molecule has 1 amide bonds. The second-order valence-corrected chi connectivity index (χ2v) is 8.01. The number of carbonyl (C=O) groups excluding carboxylic acids is 1. The summed E-state index contributed by atoms with van der Waals surface area (Å²) < 4.78 is 27.6. The minimum absolute atomic E-state index is 0.126. The van der Waals surface area contributed by atoms with Gasteiger partial charge in [-0.25, -0.2) is 8.42 Å². The summed E-state index contributed by atoms with van der Waals surface area (Å²) in [5.41, 5.74) is 6.54. The number of anilines is 1. The van der Waals surface area contributed by atoms with Crippen molar-refractivity contribution >= 4 is 32.4 Å². The standard InChI is InChI=1S/C17H21N3O3S/c1-12(21)19-16-8-9-17(15-7-3-2-6-14(15)16)24(22,23)20-10-4-5-13(18)11-20/h2-3,6-9,13H,4-5,10-11,18H2,1H3,(H,19,21). The van der Waals surface area contributed by atoms with Crippen molar-refractivity contribution in [2.75, 3.05) is 18.4 Å². The molecule has 7 heteroatoms. The first kappa shape index (κ1) is 16.9. The van der Waals surface area contributed by atoms with Gasteiger partial charge in [0.1, 0.15) is 0 Å². The van der Waals surface area contributed by atoms with Gasteiger partial charge in [0.2, 0.25) is 15.9 Å². The molecule has 128 valence electrons. The fraction of sp³-hybridized carbons (Fsp3) is 0.353. The molecular formula is C17H21N3O3S. The number of rotatable bonds is 3. The van der Waals surface area contributed by atoms with E-state index >= 15 is 0 Å². The van der Waals surface area contributed by atoms with Gasteiger partial charge in [-0.15, -0.1) is 0 Å². The summed E-state index contributed by atoms with van der Waals surface area (Å²) in [4.78, 5) is 11.6. The average molecular weight is 347 g/mol. The molecule has 1 aliphatic rings. The van der Waals surface area contributed by atoms with Crippen LogP contribution in [-0.4, -0.2) is 37.8 Å². The third kappa shape index (κ3) is 3.15. The number of nitrogens with one attached hydrogen (secondary N) is 1. The first-order valence-electron chi connectivity index (χ1n) is 7.94. The van der Waals surface area contributed by atoms with Crippen molar-refractivity contribution in [3.05, 3.63) is 36.4 Å². The zero-order valence-corrected chi connectivity index (χ0v) is 14.3. The summed E-state index contributed by atoms with van der Waals surface area (Å²) in [7, 11) is -3.63. The molecule has 1 unspecified atom stereocenters. The molecule has 0 bridgehead atoms. The minimum atomic E-state index is -3.63. The van der Waals surface area contributed by atoms with Crippen LogP contribution in [0.4, 0.5) is 5.69 Å². The maximum atomic E-state index is 13.1. The van der Waals surface area contributed by atoms with Crippen LogP contribution in [0.2, 0.25) is 0 Å². The number of fused-ring (bicyclic) bond motifs is 1. The van der Waals surface area contributed by atoms with E-state index in [4.69, 9.17) is 5.73 Å². The predicted molar refractivity (Wildman–Crippen MR) is 94.2 cm³/mol. The van der Waals surface area contributed by atoms with Crippen LogP contribution in [0.1, 0.15) is 19.8 Å². The summed E-state index contributed by atoms with van der Waals surface area (Å²) in [6, 6.07) is 10.3. The zero-order chi connectivity index (χ0) is 17.3. The molecule has 1 aliphatic heterocycles. The number of amides is 1. The summed E-state index contributed by atoms with van der Waals surface area (Å²) in [6.07, 6.45) is 1.61. The number of benzene rings is 2. The Bertz CT molecular complexity index is 880. The Morgan fingerprint density at radius 3 is 2.58 bits per heavy atom.